The van der Waals surface area contributed by atoms with Crippen molar-refractivity contribution in [3.8, 4) is 0 Å². The molecule has 0 saturated carbocycles. The van der Waals surface area contributed by atoms with Gasteiger partial charge in [0.1, 0.15) is 5.78 Å². The number of piperidine rings is 1. The zero-order valence-electron chi connectivity index (χ0n) is 5.89. The van der Waals surface area contributed by atoms with Gasteiger partial charge in [-0.25, -0.2) is 0 Å². The van der Waals surface area contributed by atoms with E-state index in [4.69, 9.17) is 0 Å². The molecule has 0 aromatic rings. The van der Waals surface area contributed by atoms with E-state index < -0.39 is 0 Å². The quantitative estimate of drug-likeness (QED) is 0.466. The molecule has 2 atom stereocenters. The second-order valence-electron chi connectivity index (χ2n) is 3.17. The number of carbonyl (C=O) groups excluding carboxylic acids is 1. The number of Topliss-reactive ketones (excluding diaryl/α,β-unsaturated/α-hetero) is 1. The Morgan fingerprint density at radius 2 is 1.80 bits per heavy atom. The number of ketones is 1. The molecule has 56 valence electrons. The Hall–Kier alpha value is -0.410. The maximum atomic E-state index is 11.0. The minimum Gasteiger partial charge on any atom is -0.314 e. The monoisotopic (exact) mass is 140 g/mol. The van der Waals surface area contributed by atoms with E-state index in [1.165, 1.54) is 0 Å². The Morgan fingerprint density at radius 3 is 2.40 bits per heavy atom. The van der Waals surface area contributed by atoms with E-state index in [9.17, 15) is 4.79 Å². The van der Waals surface area contributed by atoms with Crippen LogP contribution in [0.4, 0.5) is 0 Å². The average molecular weight is 140 g/mol. The van der Waals surface area contributed by atoms with Gasteiger partial charge in [0, 0.05) is 38.0 Å². The summed E-state index contributed by atoms with van der Waals surface area (Å²) in [6, 6.07) is 0.833. The largest absolute Gasteiger partial charge is 0.314 e. The highest BCUT2D eigenvalue weighted by Crippen LogP contribution is 2.11. The highest BCUT2D eigenvalue weighted by atomic mass is 16.1. The highest BCUT2D eigenvalue weighted by molar-refractivity contribution is 5.80. The Morgan fingerprint density at radius 1 is 1.20 bits per heavy atom. The number of piperazine rings is 1. The summed E-state index contributed by atoms with van der Waals surface area (Å²) < 4.78 is 0. The van der Waals surface area contributed by atoms with Crippen LogP contribution in [-0.2, 0) is 4.79 Å². The van der Waals surface area contributed by atoms with Gasteiger partial charge in [-0.1, -0.05) is 0 Å². The maximum Gasteiger partial charge on any atom is 0.136 e. The highest BCUT2D eigenvalue weighted by Gasteiger charge is 2.29. The molecule has 0 spiro atoms. The third kappa shape index (κ3) is 1.07. The van der Waals surface area contributed by atoms with Crippen LogP contribution in [0.5, 0.6) is 0 Å². The Balaban J connectivity index is 2.05. The number of hydrogen-bond acceptors (Lipinski definition) is 3. The Labute approximate surface area is 60.2 Å². The molecule has 3 nitrogen and oxygen atoms in total. The van der Waals surface area contributed by atoms with Crippen molar-refractivity contribution in [3.05, 3.63) is 0 Å². The fourth-order valence-corrected chi connectivity index (χ4v) is 1.78. The van der Waals surface area contributed by atoms with Gasteiger partial charge >= 0.3 is 0 Å². The van der Waals surface area contributed by atoms with E-state index in [0.29, 0.717) is 17.9 Å². The van der Waals surface area contributed by atoms with Crippen LogP contribution in [0, 0.1) is 0 Å². The molecule has 0 aromatic carbocycles. The number of fused-ring (bicyclic) bond motifs is 2. The first-order valence-electron chi connectivity index (χ1n) is 3.83. The molecule has 0 radical (unpaired) electrons. The number of hydrogen-bond donors (Lipinski definition) is 2. The molecule has 2 N–H and O–H groups in total. The zero-order valence-corrected chi connectivity index (χ0v) is 5.89. The molecule has 2 unspecified atom stereocenters. The van der Waals surface area contributed by atoms with Crippen molar-refractivity contribution in [1.29, 1.82) is 0 Å². The van der Waals surface area contributed by atoms with Crippen molar-refractivity contribution in [1.82, 2.24) is 10.6 Å². The minimum atomic E-state index is 0.417. The lowest BCUT2D eigenvalue weighted by molar-refractivity contribution is -0.122. The maximum absolute atomic E-state index is 11.0. The first-order valence-corrected chi connectivity index (χ1v) is 3.83. The summed E-state index contributed by atoms with van der Waals surface area (Å²) in [6.07, 6.45) is 1.45. The van der Waals surface area contributed by atoms with Crippen molar-refractivity contribution in [2.45, 2.75) is 24.9 Å². The molecule has 10 heavy (non-hydrogen) atoms. The van der Waals surface area contributed by atoms with Crippen LogP contribution in [-0.4, -0.2) is 31.0 Å². The summed E-state index contributed by atoms with van der Waals surface area (Å²) >= 11 is 0. The van der Waals surface area contributed by atoms with Crippen LogP contribution in [0.2, 0.25) is 0 Å². The zero-order chi connectivity index (χ0) is 6.97. The van der Waals surface area contributed by atoms with Crippen LogP contribution in [0.3, 0.4) is 0 Å². The van der Waals surface area contributed by atoms with Gasteiger partial charge in [-0.2, -0.15) is 0 Å². The smallest absolute Gasteiger partial charge is 0.136 e. The van der Waals surface area contributed by atoms with Crippen molar-refractivity contribution in [3.63, 3.8) is 0 Å². The summed E-state index contributed by atoms with van der Waals surface area (Å²) in [5, 5.41) is 6.69. The molecular formula is C7H12N2O. The molecule has 0 aliphatic carbocycles. The second kappa shape index (κ2) is 2.32. The molecule has 2 bridgehead atoms. The van der Waals surface area contributed by atoms with E-state index in [-0.39, 0.29) is 0 Å². The Bertz CT molecular complexity index is 144. The summed E-state index contributed by atoms with van der Waals surface area (Å²) in [7, 11) is 0. The molecule has 0 amide bonds. The van der Waals surface area contributed by atoms with Crippen LogP contribution in [0.15, 0.2) is 0 Å². The number of carbonyl (C=O) groups is 1. The second-order valence-corrected chi connectivity index (χ2v) is 3.17. The van der Waals surface area contributed by atoms with Gasteiger partial charge in [0.25, 0.3) is 0 Å². The Kier molecular flexibility index (Phi) is 1.47. The van der Waals surface area contributed by atoms with Gasteiger partial charge < -0.3 is 10.6 Å². The van der Waals surface area contributed by atoms with E-state index >= 15 is 0 Å². The summed E-state index contributed by atoms with van der Waals surface area (Å²) in [5.41, 5.74) is 0. The van der Waals surface area contributed by atoms with Crippen molar-refractivity contribution in [2.24, 2.45) is 0 Å². The van der Waals surface area contributed by atoms with Gasteiger partial charge in [0.05, 0.1) is 0 Å². The van der Waals surface area contributed by atoms with Gasteiger partial charge in [-0.3, -0.25) is 4.79 Å². The molecule has 2 saturated heterocycles. The van der Waals surface area contributed by atoms with Gasteiger partial charge in [-0.15, -0.1) is 0 Å². The van der Waals surface area contributed by atoms with Crippen molar-refractivity contribution < 1.29 is 4.79 Å². The van der Waals surface area contributed by atoms with Crippen LogP contribution < -0.4 is 10.6 Å². The van der Waals surface area contributed by atoms with E-state index in [2.05, 4.69) is 10.6 Å². The molecule has 2 aliphatic heterocycles. The molecule has 2 heterocycles. The fraction of sp³-hybridized carbons (Fsp3) is 0.857. The topological polar surface area (TPSA) is 41.1 Å². The molecule has 2 fully saturated rings. The van der Waals surface area contributed by atoms with Crippen molar-refractivity contribution >= 4 is 5.78 Å². The third-order valence-electron chi connectivity index (χ3n) is 2.20. The fourth-order valence-electron chi connectivity index (χ4n) is 1.78. The predicted molar refractivity (Wildman–Crippen MR) is 37.8 cm³/mol. The standard InChI is InChI=1S/C7H12N2O/c10-7-1-5-3-8-4-6(2-7)9-5/h5-6,8-9H,1-4H2. The molecule has 3 heteroatoms. The number of rotatable bonds is 0. The predicted octanol–water partition coefficient (Wildman–Crippen LogP) is -0.721. The minimum absolute atomic E-state index is 0.417. The first kappa shape index (κ1) is 6.31. The summed E-state index contributed by atoms with van der Waals surface area (Å²) in [4.78, 5) is 11.0. The van der Waals surface area contributed by atoms with Gasteiger partial charge in [-0.05, 0) is 0 Å². The van der Waals surface area contributed by atoms with Crippen LogP contribution in [0.1, 0.15) is 12.8 Å². The lowest BCUT2D eigenvalue weighted by atomic mass is 9.94. The third-order valence-corrected chi connectivity index (χ3v) is 2.20. The van der Waals surface area contributed by atoms with Crippen LogP contribution >= 0.6 is 0 Å². The normalized spacial score (nSPS) is 39.8. The lowest BCUT2D eigenvalue weighted by Gasteiger charge is -2.35. The molecule has 2 rings (SSSR count). The van der Waals surface area contributed by atoms with Gasteiger partial charge in [0.15, 0.2) is 0 Å². The first-order chi connectivity index (χ1) is 4.84. The molecule has 2 aliphatic rings. The average Bonchev–Trinajstić information content (AvgIpc) is 1.85. The molecular weight excluding hydrogens is 128 g/mol. The number of nitrogens with one attached hydrogen (secondary N) is 2. The van der Waals surface area contributed by atoms with E-state index in [1.54, 1.807) is 0 Å². The van der Waals surface area contributed by atoms with E-state index in [0.717, 1.165) is 25.9 Å². The lowest BCUT2D eigenvalue weighted by Crippen LogP contribution is -2.59. The van der Waals surface area contributed by atoms with Crippen LogP contribution in [0.25, 0.3) is 0 Å². The van der Waals surface area contributed by atoms with Crippen molar-refractivity contribution in [2.75, 3.05) is 13.1 Å². The summed E-state index contributed by atoms with van der Waals surface area (Å²) in [5.74, 6) is 0.426. The summed E-state index contributed by atoms with van der Waals surface area (Å²) in [6.45, 7) is 1.92. The SMILES string of the molecule is O=C1CC2CNCC(C1)N2. The molecule has 0 aromatic heterocycles. The van der Waals surface area contributed by atoms with E-state index in [1.807, 2.05) is 0 Å². The van der Waals surface area contributed by atoms with Gasteiger partial charge in [0.2, 0.25) is 0 Å².